The average molecular weight is 311 g/mol. The van der Waals surface area contributed by atoms with Crippen LogP contribution in [0.4, 0.5) is 0 Å². The van der Waals surface area contributed by atoms with Crippen LogP contribution < -0.4 is 10.1 Å². The Bertz CT molecular complexity index is 603. The van der Waals surface area contributed by atoms with Gasteiger partial charge in [-0.2, -0.15) is 0 Å². The Hall–Kier alpha value is -2.29. The first-order chi connectivity index (χ1) is 11.1. The summed E-state index contributed by atoms with van der Waals surface area (Å²) >= 11 is 0. The fourth-order valence-corrected chi connectivity index (χ4v) is 2.43. The van der Waals surface area contributed by atoms with Gasteiger partial charge in [0.1, 0.15) is 5.75 Å². The van der Waals surface area contributed by atoms with Crippen molar-refractivity contribution in [3.05, 3.63) is 54.6 Å². The predicted octanol–water partition coefficient (Wildman–Crippen LogP) is 4.43. The molecule has 0 spiro atoms. The molecule has 122 valence electrons. The SMILES string of the molecule is CCC(CC)NC(=O)C(C)Oc1ccc(-c2ccccc2)cc1. The summed E-state index contributed by atoms with van der Waals surface area (Å²) in [4.78, 5) is 12.1. The van der Waals surface area contributed by atoms with Crippen molar-refractivity contribution in [3.8, 4) is 16.9 Å². The van der Waals surface area contributed by atoms with E-state index in [9.17, 15) is 4.79 Å². The van der Waals surface area contributed by atoms with Crippen LogP contribution in [-0.4, -0.2) is 18.1 Å². The molecule has 1 atom stereocenters. The molecule has 0 bridgehead atoms. The molecule has 23 heavy (non-hydrogen) atoms. The quantitative estimate of drug-likeness (QED) is 0.821. The predicted molar refractivity (Wildman–Crippen MR) is 94.5 cm³/mol. The molecule has 2 aromatic rings. The van der Waals surface area contributed by atoms with E-state index in [-0.39, 0.29) is 11.9 Å². The zero-order chi connectivity index (χ0) is 16.7. The fraction of sp³-hybridized carbons (Fsp3) is 0.350. The molecule has 2 aromatic carbocycles. The van der Waals surface area contributed by atoms with Crippen LogP contribution in [0.25, 0.3) is 11.1 Å². The van der Waals surface area contributed by atoms with Crippen LogP contribution in [0.5, 0.6) is 5.75 Å². The zero-order valence-electron chi connectivity index (χ0n) is 14.1. The third-order valence-electron chi connectivity index (χ3n) is 3.98. The second-order valence-corrected chi connectivity index (χ2v) is 5.67. The van der Waals surface area contributed by atoms with Gasteiger partial charge in [-0.3, -0.25) is 4.79 Å². The maximum absolute atomic E-state index is 12.1. The molecule has 0 radical (unpaired) electrons. The van der Waals surface area contributed by atoms with Gasteiger partial charge in [0, 0.05) is 6.04 Å². The third-order valence-corrected chi connectivity index (χ3v) is 3.98. The van der Waals surface area contributed by atoms with Gasteiger partial charge in [-0.05, 0) is 43.0 Å². The lowest BCUT2D eigenvalue weighted by molar-refractivity contribution is -0.128. The van der Waals surface area contributed by atoms with Crippen molar-refractivity contribution in [1.29, 1.82) is 0 Å². The van der Waals surface area contributed by atoms with Crippen LogP contribution in [0.3, 0.4) is 0 Å². The minimum atomic E-state index is -0.502. The Labute approximate surface area is 138 Å². The monoisotopic (exact) mass is 311 g/mol. The van der Waals surface area contributed by atoms with Crippen molar-refractivity contribution in [2.45, 2.75) is 45.8 Å². The lowest BCUT2D eigenvalue weighted by Crippen LogP contribution is -2.42. The molecule has 0 aliphatic rings. The van der Waals surface area contributed by atoms with E-state index in [4.69, 9.17) is 4.74 Å². The first kappa shape index (κ1) is 17.1. The van der Waals surface area contributed by atoms with Crippen molar-refractivity contribution >= 4 is 5.91 Å². The number of nitrogens with one attached hydrogen (secondary N) is 1. The summed E-state index contributed by atoms with van der Waals surface area (Å²) in [6, 6.07) is 18.2. The molecular formula is C20H25NO2. The Morgan fingerprint density at radius 2 is 1.52 bits per heavy atom. The van der Waals surface area contributed by atoms with Crippen molar-refractivity contribution in [3.63, 3.8) is 0 Å². The van der Waals surface area contributed by atoms with E-state index in [1.807, 2.05) is 42.5 Å². The minimum absolute atomic E-state index is 0.0640. The van der Waals surface area contributed by atoms with E-state index < -0.39 is 6.10 Å². The van der Waals surface area contributed by atoms with Crippen LogP contribution in [0, 0.1) is 0 Å². The third kappa shape index (κ3) is 4.85. The number of hydrogen-bond donors (Lipinski definition) is 1. The maximum Gasteiger partial charge on any atom is 0.260 e. The number of benzene rings is 2. The summed E-state index contributed by atoms with van der Waals surface area (Å²) in [6.07, 6.45) is 1.36. The van der Waals surface area contributed by atoms with Crippen LogP contribution in [0.1, 0.15) is 33.6 Å². The Balaban J connectivity index is 1.96. The fourth-order valence-electron chi connectivity index (χ4n) is 2.43. The highest BCUT2D eigenvalue weighted by Crippen LogP contribution is 2.22. The lowest BCUT2D eigenvalue weighted by Gasteiger charge is -2.19. The largest absolute Gasteiger partial charge is 0.481 e. The topological polar surface area (TPSA) is 38.3 Å². The Morgan fingerprint density at radius 3 is 2.09 bits per heavy atom. The van der Waals surface area contributed by atoms with Gasteiger partial charge in [-0.15, -0.1) is 0 Å². The molecule has 0 saturated heterocycles. The van der Waals surface area contributed by atoms with Gasteiger partial charge >= 0.3 is 0 Å². The molecule has 1 unspecified atom stereocenters. The number of ether oxygens (including phenoxy) is 1. The second kappa shape index (κ2) is 8.37. The maximum atomic E-state index is 12.1. The molecular weight excluding hydrogens is 286 g/mol. The number of rotatable bonds is 7. The Kier molecular flexibility index (Phi) is 6.21. The minimum Gasteiger partial charge on any atom is -0.481 e. The van der Waals surface area contributed by atoms with Gasteiger partial charge < -0.3 is 10.1 Å². The number of carbonyl (C=O) groups is 1. The highest BCUT2D eigenvalue weighted by atomic mass is 16.5. The molecule has 2 rings (SSSR count). The van der Waals surface area contributed by atoms with E-state index in [1.165, 1.54) is 5.56 Å². The van der Waals surface area contributed by atoms with Crippen molar-refractivity contribution in [2.24, 2.45) is 0 Å². The smallest absolute Gasteiger partial charge is 0.260 e. The van der Waals surface area contributed by atoms with Crippen LogP contribution >= 0.6 is 0 Å². The number of carbonyl (C=O) groups excluding carboxylic acids is 1. The van der Waals surface area contributed by atoms with Gasteiger partial charge in [0.25, 0.3) is 5.91 Å². The van der Waals surface area contributed by atoms with Gasteiger partial charge in [-0.25, -0.2) is 0 Å². The first-order valence-corrected chi connectivity index (χ1v) is 8.26. The summed E-state index contributed by atoms with van der Waals surface area (Å²) in [6.45, 7) is 5.92. The van der Waals surface area contributed by atoms with Crippen LogP contribution in [0.2, 0.25) is 0 Å². The molecule has 3 nitrogen and oxygen atoms in total. The molecule has 3 heteroatoms. The standard InChI is InChI=1S/C20H25NO2/c1-4-18(5-2)21-20(22)15(3)23-19-13-11-17(12-14-19)16-9-7-6-8-10-16/h6-15,18H,4-5H2,1-3H3,(H,21,22). The van der Waals surface area contributed by atoms with E-state index in [0.29, 0.717) is 5.75 Å². The summed E-state index contributed by atoms with van der Waals surface area (Å²) < 4.78 is 5.74. The van der Waals surface area contributed by atoms with Crippen LogP contribution in [-0.2, 0) is 4.79 Å². The van der Waals surface area contributed by atoms with Crippen LogP contribution in [0.15, 0.2) is 54.6 Å². The molecule has 0 heterocycles. The van der Waals surface area contributed by atoms with Crippen molar-refractivity contribution in [2.75, 3.05) is 0 Å². The summed E-state index contributed by atoms with van der Waals surface area (Å²) in [5, 5.41) is 3.01. The van der Waals surface area contributed by atoms with Gasteiger partial charge in [0.05, 0.1) is 0 Å². The molecule has 0 saturated carbocycles. The summed E-state index contributed by atoms with van der Waals surface area (Å²) in [5.74, 6) is 0.641. The normalized spacial score (nSPS) is 12.0. The molecule has 1 N–H and O–H groups in total. The Morgan fingerprint density at radius 1 is 0.957 bits per heavy atom. The van der Waals surface area contributed by atoms with E-state index in [2.05, 4.69) is 31.3 Å². The van der Waals surface area contributed by atoms with E-state index in [0.717, 1.165) is 18.4 Å². The molecule has 0 aromatic heterocycles. The summed E-state index contributed by atoms with van der Waals surface area (Å²) in [7, 11) is 0. The van der Waals surface area contributed by atoms with Crippen molar-refractivity contribution < 1.29 is 9.53 Å². The van der Waals surface area contributed by atoms with Gasteiger partial charge in [-0.1, -0.05) is 56.3 Å². The second-order valence-electron chi connectivity index (χ2n) is 5.67. The van der Waals surface area contributed by atoms with E-state index >= 15 is 0 Å². The van der Waals surface area contributed by atoms with Gasteiger partial charge in [0.15, 0.2) is 6.10 Å². The number of hydrogen-bond acceptors (Lipinski definition) is 2. The highest BCUT2D eigenvalue weighted by Gasteiger charge is 2.17. The molecule has 0 fully saturated rings. The zero-order valence-corrected chi connectivity index (χ0v) is 14.1. The molecule has 0 aliphatic carbocycles. The average Bonchev–Trinajstić information content (AvgIpc) is 2.60. The highest BCUT2D eigenvalue weighted by molar-refractivity contribution is 5.81. The first-order valence-electron chi connectivity index (χ1n) is 8.26. The number of amides is 1. The van der Waals surface area contributed by atoms with Crippen molar-refractivity contribution in [1.82, 2.24) is 5.32 Å². The van der Waals surface area contributed by atoms with E-state index in [1.54, 1.807) is 6.92 Å². The molecule has 0 aliphatic heterocycles. The molecule has 1 amide bonds. The van der Waals surface area contributed by atoms with Gasteiger partial charge in [0.2, 0.25) is 0 Å². The lowest BCUT2D eigenvalue weighted by atomic mass is 10.1. The summed E-state index contributed by atoms with van der Waals surface area (Å²) in [5.41, 5.74) is 2.30.